The first kappa shape index (κ1) is 14.2. The number of rotatable bonds is 3. The van der Waals surface area contributed by atoms with E-state index in [1.807, 2.05) is 30.3 Å². The lowest BCUT2D eigenvalue weighted by molar-refractivity contribution is 0.424. The topological polar surface area (TPSA) is 116 Å². The zero-order chi connectivity index (χ0) is 16.7. The predicted molar refractivity (Wildman–Crippen MR) is 88.3 cm³/mol. The molecule has 24 heavy (non-hydrogen) atoms. The highest BCUT2D eigenvalue weighted by atomic mass is 16.5. The number of aromatic amines is 1. The number of nitrogen functional groups attached to an aromatic ring is 1. The molecule has 0 bridgehead atoms. The molecule has 8 heteroatoms. The first-order valence-electron chi connectivity index (χ1n) is 7.35. The summed E-state index contributed by atoms with van der Waals surface area (Å²) in [7, 11) is 0. The van der Waals surface area contributed by atoms with Gasteiger partial charge in [0, 0.05) is 0 Å². The molecule has 0 atom stereocenters. The van der Waals surface area contributed by atoms with Crippen LogP contribution in [0.2, 0.25) is 0 Å². The van der Waals surface area contributed by atoms with Crippen molar-refractivity contribution in [1.82, 2.24) is 24.7 Å². The van der Waals surface area contributed by atoms with Crippen molar-refractivity contribution < 1.29 is 4.52 Å². The van der Waals surface area contributed by atoms with Crippen molar-refractivity contribution in [1.29, 1.82) is 0 Å². The number of hydrogen-bond donors (Lipinski definition) is 2. The van der Waals surface area contributed by atoms with Crippen LogP contribution in [0.1, 0.15) is 11.4 Å². The minimum atomic E-state index is -0.249. The maximum atomic E-state index is 12.3. The van der Waals surface area contributed by atoms with Gasteiger partial charge in [-0.1, -0.05) is 35.5 Å². The number of H-pyrrole nitrogens is 1. The minimum Gasteiger partial charge on any atom is -0.382 e. The Morgan fingerprint density at radius 2 is 2.04 bits per heavy atom. The van der Waals surface area contributed by atoms with Crippen molar-refractivity contribution in [2.75, 3.05) is 5.73 Å². The second kappa shape index (κ2) is 5.34. The third-order valence-electron chi connectivity index (χ3n) is 3.72. The fourth-order valence-corrected chi connectivity index (χ4v) is 2.61. The Labute approximate surface area is 136 Å². The number of benzene rings is 1. The van der Waals surface area contributed by atoms with Crippen molar-refractivity contribution in [2.45, 2.75) is 13.5 Å². The molecule has 0 radical (unpaired) electrons. The normalized spacial score (nSPS) is 11.2. The van der Waals surface area contributed by atoms with Crippen LogP contribution < -0.4 is 11.4 Å². The van der Waals surface area contributed by atoms with E-state index in [-0.39, 0.29) is 17.4 Å². The zero-order valence-corrected chi connectivity index (χ0v) is 12.9. The molecule has 8 nitrogen and oxygen atoms in total. The highest BCUT2D eigenvalue weighted by Gasteiger charge is 2.16. The smallest absolute Gasteiger partial charge is 0.326 e. The number of nitrogens with one attached hydrogen (secondary N) is 1. The summed E-state index contributed by atoms with van der Waals surface area (Å²) in [5, 5.41) is 3.75. The predicted octanol–water partition coefficient (Wildman–Crippen LogP) is 1.71. The average Bonchev–Trinajstić information content (AvgIpc) is 3.14. The van der Waals surface area contributed by atoms with Crippen LogP contribution in [0, 0.1) is 6.92 Å². The third kappa shape index (κ3) is 2.34. The van der Waals surface area contributed by atoms with Gasteiger partial charge in [-0.2, -0.15) is 4.98 Å². The maximum absolute atomic E-state index is 12.3. The average molecular weight is 322 g/mol. The van der Waals surface area contributed by atoms with Crippen LogP contribution in [0.4, 0.5) is 5.82 Å². The van der Waals surface area contributed by atoms with Crippen molar-refractivity contribution in [3.8, 4) is 11.6 Å². The molecular formula is C16H14N6O2. The lowest BCUT2D eigenvalue weighted by Crippen LogP contribution is -2.17. The van der Waals surface area contributed by atoms with E-state index in [2.05, 4.69) is 20.1 Å². The Kier molecular flexibility index (Phi) is 3.16. The van der Waals surface area contributed by atoms with Gasteiger partial charge >= 0.3 is 5.69 Å². The Hall–Kier alpha value is -3.42. The van der Waals surface area contributed by atoms with Gasteiger partial charge in [0.2, 0.25) is 0 Å². The number of nitrogens with zero attached hydrogens (tertiary/aromatic N) is 4. The van der Waals surface area contributed by atoms with Gasteiger partial charge in [0.25, 0.3) is 5.89 Å². The van der Waals surface area contributed by atoms with E-state index >= 15 is 0 Å². The van der Waals surface area contributed by atoms with Crippen molar-refractivity contribution in [3.63, 3.8) is 0 Å². The monoisotopic (exact) mass is 322 g/mol. The van der Waals surface area contributed by atoms with E-state index in [0.717, 1.165) is 5.56 Å². The molecule has 3 aromatic heterocycles. The van der Waals surface area contributed by atoms with E-state index in [9.17, 15) is 4.79 Å². The lowest BCUT2D eigenvalue weighted by Gasteiger charge is -2.05. The van der Waals surface area contributed by atoms with Gasteiger partial charge in [0.05, 0.1) is 12.1 Å². The summed E-state index contributed by atoms with van der Waals surface area (Å²) in [6, 6.07) is 11.4. The summed E-state index contributed by atoms with van der Waals surface area (Å²) in [6.07, 6.45) is 0. The van der Waals surface area contributed by atoms with Crippen LogP contribution in [-0.2, 0) is 6.54 Å². The molecule has 0 aliphatic heterocycles. The van der Waals surface area contributed by atoms with Gasteiger partial charge < -0.3 is 15.2 Å². The van der Waals surface area contributed by atoms with Gasteiger partial charge in [-0.15, -0.1) is 0 Å². The second-order valence-corrected chi connectivity index (χ2v) is 5.44. The quantitative estimate of drug-likeness (QED) is 0.593. The number of imidazole rings is 1. The number of aromatic nitrogens is 5. The van der Waals surface area contributed by atoms with E-state index in [4.69, 9.17) is 10.3 Å². The molecule has 4 aromatic rings. The molecule has 120 valence electrons. The van der Waals surface area contributed by atoms with Crippen LogP contribution in [0.15, 0.2) is 45.7 Å². The van der Waals surface area contributed by atoms with Crippen LogP contribution in [0.25, 0.3) is 22.6 Å². The maximum Gasteiger partial charge on any atom is 0.326 e. The molecule has 0 fully saturated rings. The number of anilines is 1. The molecule has 0 unspecified atom stereocenters. The fraction of sp³-hybridized carbons (Fsp3) is 0.125. The third-order valence-corrected chi connectivity index (χ3v) is 3.72. The molecular weight excluding hydrogens is 308 g/mol. The first-order chi connectivity index (χ1) is 11.6. The number of hydrogen-bond acceptors (Lipinski definition) is 6. The Morgan fingerprint density at radius 3 is 2.75 bits per heavy atom. The van der Waals surface area contributed by atoms with Crippen LogP contribution >= 0.6 is 0 Å². The number of aryl methyl sites for hydroxylation is 1. The molecule has 0 aliphatic rings. The summed E-state index contributed by atoms with van der Waals surface area (Å²) in [5.41, 5.74) is 8.32. The van der Waals surface area contributed by atoms with Gasteiger partial charge in [0.1, 0.15) is 17.0 Å². The number of fused-ring (bicyclic) bond motifs is 1. The summed E-state index contributed by atoms with van der Waals surface area (Å²) < 4.78 is 6.75. The Bertz CT molecular complexity index is 1080. The van der Waals surface area contributed by atoms with Crippen LogP contribution in [-0.4, -0.2) is 24.7 Å². The number of nitrogens with two attached hydrogens (primary N) is 1. The molecule has 4 rings (SSSR count). The van der Waals surface area contributed by atoms with Crippen LogP contribution in [0.3, 0.4) is 0 Å². The van der Waals surface area contributed by atoms with Crippen molar-refractivity contribution in [2.24, 2.45) is 0 Å². The first-order valence-corrected chi connectivity index (χ1v) is 7.35. The molecule has 0 spiro atoms. The summed E-state index contributed by atoms with van der Waals surface area (Å²) in [6.45, 7) is 2.14. The Morgan fingerprint density at radius 1 is 1.25 bits per heavy atom. The molecule has 0 saturated heterocycles. The SMILES string of the molecule is Cc1noc(-c2cc3c([nH]c(=O)n3Cc3ccccc3)c(N)n2)n1. The summed E-state index contributed by atoms with van der Waals surface area (Å²) in [4.78, 5) is 23.5. The molecule has 0 aliphatic carbocycles. The van der Waals surface area contributed by atoms with Crippen molar-refractivity contribution >= 4 is 16.9 Å². The van der Waals surface area contributed by atoms with E-state index in [1.165, 1.54) is 0 Å². The minimum absolute atomic E-state index is 0.210. The lowest BCUT2D eigenvalue weighted by atomic mass is 10.2. The highest BCUT2D eigenvalue weighted by molar-refractivity contribution is 5.87. The van der Waals surface area contributed by atoms with E-state index in [0.29, 0.717) is 29.1 Å². The molecule has 3 heterocycles. The highest BCUT2D eigenvalue weighted by Crippen LogP contribution is 2.24. The Balaban J connectivity index is 1.89. The summed E-state index contributed by atoms with van der Waals surface area (Å²) >= 11 is 0. The van der Waals surface area contributed by atoms with Gasteiger partial charge in [-0.25, -0.2) is 9.78 Å². The molecule has 3 N–H and O–H groups in total. The van der Waals surface area contributed by atoms with Crippen LogP contribution in [0.5, 0.6) is 0 Å². The van der Waals surface area contributed by atoms with Gasteiger partial charge in [-0.3, -0.25) is 4.57 Å². The van der Waals surface area contributed by atoms with Crippen molar-refractivity contribution in [3.05, 3.63) is 58.3 Å². The molecule has 0 amide bonds. The zero-order valence-electron chi connectivity index (χ0n) is 12.9. The van der Waals surface area contributed by atoms with E-state index in [1.54, 1.807) is 17.6 Å². The fourth-order valence-electron chi connectivity index (χ4n) is 2.61. The van der Waals surface area contributed by atoms with Gasteiger partial charge in [0.15, 0.2) is 5.82 Å². The van der Waals surface area contributed by atoms with E-state index < -0.39 is 0 Å². The molecule has 1 aromatic carbocycles. The largest absolute Gasteiger partial charge is 0.382 e. The second-order valence-electron chi connectivity index (χ2n) is 5.44. The number of pyridine rings is 1. The standard InChI is InChI=1S/C16H14N6O2/c1-9-18-15(24-21-9)11-7-12-13(14(17)19-11)20-16(23)22(12)8-10-5-3-2-4-6-10/h2-7H,8H2,1H3,(H2,17,19)(H,20,23). The summed E-state index contributed by atoms with van der Waals surface area (Å²) in [5.74, 6) is 0.976. The molecule has 0 saturated carbocycles. The van der Waals surface area contributed by atoms with Gasteiger partial charge in [-0.05, 0) is 18.6 Å².